The Balaban J connectivity index is 1.51. The number of likely N-dealkylation sites (N-methyl/N-ethyl adjacent to an activating group) is 1. The van der Waals surface area contributed by atoms with E-state index in [-0.39, 0.29) is 19.1 Å². The Morgan fingerprint density at radius 1 is 1.30 bits per heavy atom. The lowest BCUT2D eigenvalue weighted by Gasteiger charge is -2.23. The van der Waals surface area contributed by atoms with Gasteiger partial charge in [-0.1, -0.05) is 31.0 Å². The molecule has 0 aliphatic heterocycles. The third kappa shape index (κ3) is 4.06. The maximum atomic E-state index is 12.3. The Labute approximate surface area is 135 Å². The van der Waals surface area contributed by atoms with Crippen molar-refractivity contribution < 1.29 is 9.53 Å². The molecule has 23 heavy (non-hydrogen) atoms. The van der Waals surface area contributed by atoms with E-state index in [1.54, 1.807) is 0 Å². The summed E-state index contributed by atoms with van der Waals surface area (Å²) in [6, 6.07) is 9.81. The Bertz CT molecular complexity index is 637. The van der Waals surface area contributed by atoms with Crippen LogP contribution < -0.4 is 4.74 Å². The molecule has 0 spiro atoms. The van der Waals surface area contributed by atoms with Gasteiger partial charge in [0.1, 0.15) is 12.3 Å². The van der Waals surface area contributed by atoms with Crippen molar-refractivity contribution >= 4 is 5.91 Å². The van der Waals surface area contributed by atoms with Gasteiger partial charge < -0.3 is 9.64 Å². The summed E-state index contributed by atoms with van der Waals surface area (Å²) in [5.74, 6) is 1.23. The molecule has 1 aliphatic carbocycles. The third-order valence-corrected chi connectivity index (χ3v) is 4.15. The van der Waals surface area contributed by atoms with Gasteiger partial charge in [0.05, 0.1) is 0 Å². The van der Waals surface area contributed by atoms with Gasteiger partial charge >= 0.3 is 0 Å². The molecule has 1 amide bonds. The van der Waals surface area contributed by atoms with Gasteiger partial charge in [-0.3, -0.25) is 4.79 Å². The van der Waals surface area contributed by atoms with Crippen molar-refractivity contribution in [1.82, 2.24) is 25.1 Å². The lowest BCUT2D eigenvalue weighted by Crippen LogP contribution is -2.37. The van der Waals surface area contributed by atoms with Crippen molar-refractivity contribution in [3.8, 4) is 5.75 Å². The van der Waals surface area contributed by atoms with Crippen LogP contribution in [0.25, 0.3) is 0 Å². The molecular weight excluding hydrogens is 294 g/mol. The normalized spacial score (nSPS) is 14.8. The number of carbonyl (C=O) groups excluding carboxylic acids is 1. The first-order valence-corrected chi connectivity index (χ1v) is 7.92. The standard InChI is InChI=1S/C16H21N5O2/c1-20(13-7-5-6-8-13)16(22)11-21-18-15(17-19-21)12-23-14-9-3-2-4-10-14/h2-4,9-10,13H,5-8,11-12H2,1H3. The van der Waals surface area contributed by atoms with E-state index in [2.05, 4.69) is 15.4 Å². The van der Waals surface area contributed by atoms with Gasteiger partial charge in [0.15, 0.2) is 6.61 Å². The number of amides is 1. The Hall–Kier alpha value is -2.44. The first-order valence-electron chi connectivity index (χ1n) is 7.92. The van der Waals surface area contributed by atoms with Gasteiger partial charge in [0.25, 0.3) is 0 Å². The van der Waals surface area contributed by atoms with E-state index in [1.165, 1.54) is 17.6 Å². The molecule has 7 heteroatoms. The van der Waals surface area contributed by atoms with Crippen molar-refractivity contribution in [2.24, 2.45) is 0 Å². The van der Waals surface area contributed by atoms with E-state index in [9.17, 15) is 4.79 Å². The van der Waals surface area contributed by atoms with Crippen molar-refractivity contribution in [2.45, 2.75) is 44.9 Å². The Kier molecular flexibility index (Phi) is 4.85. The smallest absolute Gasteiger partial charge is 0.246 e. The molecule has 0 N–H and O–H groups in total. The highest BCUT2D eigenvalue weighted by atomic mass is 16.5. The summed E-state index contributed by atoms with van der Waals surface area (Å²) in [6.45, 7) is 0.349. The quantitative estimate of drug-likeness (QED) is 0.810. The number of rotatable bonds is 6. The van der Waals surface area contributed by atoms with Crippen LogP contribution in [-0.4, -0.2) is 44.1 Å². The second kappa shape index (κ2) is 7.21. The third-order valence-electron chi connectivity index (χ3n) is 4.15. The number of tetrazole rings is 1. The molecule has 1 aliphatic rings. The van der Waals surface area contributed by atoms with Gasteiger partial charge in [-0.05, 0) is 30.2 Å². The van der Waals surface area contributed by atoms with Crippen LogP contribution in [0.3, 0.4) is 0 Å². The number of hydrogen-bond donors (Lipinski definition) is 0. The molecule has 0 unspecified atom stereocenters. The fraction of sp³-hybridized carbons (Fsp3) is 0.500. The number of benzene rings is 1. The molecule has 0 bridgehead atoms. The van der Waals surface area contributed by atoms with Crippen molar-refractivity contribution in [3.05, 3.63) is 36.2 Å². The van der Waals surface area contributed by atoms with Crippen LogP contribution in [-0.2, 0) is 17.9 Å². The number of carbonyl (C=O) groups is 1. The topological polar surface area (TPSA) is 73.1 Å². The van der Waals surface area contributed by atoms with E-state index in [4.69, 9.17) is 4.74 Å². The fourth-order valence-corrected chi connectivity index (χ4v) is 2.79. The largest absolute Gasteiger partial charge is 0.485 e. The van der Waals surface area contributed by atoms with Gasteiger partial charge in [-0.2, -0.15) is 4.80 Å². The fourth-order valence-electron chi connectivity index (χ4n) is 2.79. The molecule has 0 atom stereocenters. The Morgan fingerprint density at radius 2 is 2.04 bits per heavy atom. The lowest BCUT2D eigenvalue weighted by atomic mass is 10.2. The molecule has 1 aromatic heterocycles. The van der Waals surface area contributed by atoms with Crippen molar-refractivity contribution in [1.29, 1.82) is 0 Å². The van der Waals surface area contributed by atoms with Crippen LogP contribution in [0.5, 0.6) is 5.75 Å². The molecule has 0 radical (unpaired) electrons. The van der Waals surface area contributed by atoms with Gasteiger partial charge in [0, 0.05) is 13.1 Å². The van der Waals surface area contributed by atoms with E-state index in [1.807, 2.05) is 42.3 Å². The zero-order chi connectivity index (χ0) is 16.1. The van der Waals surface area contributed by atoms with Crippen LogP contribution in [0.2, 0.25) is 0 Å². The number of nitrogens with zero attached hydrogens (tertiary/aromatic N) is 5. The molecule has 1 fully saturated rings. The molecular formula is C16H21N5O2. The summed E-state index contributed by atoms with van der Waals surface area (Å²) >= 11 is 0. The molecule has 1 aromatic carbocycles. The predicted molar refractivity (Wildman–Crippen MR) is 83.6 cm³/mol. The lowest BCUT2D eigenvalue weighted by molar-refractivity contribution is -0.133. The zero-order valence-electron chi connectivity index (χ0n) is 13.3. The van der Waals surface area contributed by atoms with Crippen LogP contribution >= 0.6 is 0 Å². The average Bonchev–Trinajstić information content (AvgIpc) is 3.25. The Morgan fingerprint density at radius 3 is 2.78 bits per heavy atom. The molecule has 7 nitrogen and oxygen atoms in total. The summed E-state index contributed by atoms with van der Waals surface area (Å²) in [5, 5.41) is 12.0. The first kappa shape index (κ1) is 15.5. The summed E-state index contributed by atoms with van der Waals surface area (Å²) in [5.41, 5.74) is 0. The minimum absolute atomic E-state index is 0.0184. The summed E-state index contributed by atoms with van der Waals surface area (Å²) in [4.78, 5) is 15.4. The predicted octanol–water partition coefficient (Wildman–Crippen LogP) is 1.65. The van der Waals surface area contributed by atoms with Crippen molar-refractivity contribution in [2.75, 3.05) is 7.05 Å². The maximum Gasteiger partial charge on any atom is 0.246 e. The summed E-state index contributed by atoms with van der Waals surface area (Å²) in [7, 11) is 1.86. The first-order chi connectivity index (χ1) is 11.2. The number of ether oxygens (including phenoxy) is 1. The highest BCUT2D eigenvalue weighted by molar-refractivity contribution is 5.75. The molecule has 1 saturated carbocycles. The number of aromatic nitrogens is 4. The van der Waals surface area contributed by atoms with E-state index in [0.717, 1.165) is 18.6 Å². The number of hydrogen-bond acceptors (Lipinski definition) is 5. The second-order valence-corrected chi connectivity index (χ2v) is 5.78. The van der Waals surface area contributed by atoms with E-state index >= 15 is 0 Å². The van der Waals surface area contributed by atoms with E-state index < -0.39 is 0 Å². The monoisotopic (exact) mass is 315 g/mol. The van der Waals surface area contributed by atoms with Crippen LogP contribution in [0, 0.1) is 0 Å². The highest BCUT2D eigenvalue weighted by Crippen LogP contribution is 2.22. The summed E-state index contributed by atoms with van der Waals surface area (Å²) in [6.07, 6.45) is 4.57. The van der Waals surface area contributed by atoms with E-state index in [0.29, 0.717) is 11.9 Å². The van der Waals surface area contributed by atoms with Gasteiger partial charge in [0.2, 0.25) is 11.7 Å². The molecule has 2 aromatic rings. The van der Waals surface area contributed by atoms with Crippen LogP contribution in [0.4, 0.5) is 0 Å². The molecule has 1 heterocycles. The SMILES string of the molecule is CN(C(=O)Cn1nnc(COc2ccccc2)n1)C1CCCC1. The maximum absolute atomic E-state index is 12.3. The van der Waals surface area contributed by atoms with Gasteiger partial charge in [-0.25, -0.2) is 0 Å². The summed E-state index contributed by atoms with van der Waals surface area (Å²) < 4.78 is 5.57. The zero-order valence-corrected chi connectivity index (χ0v) is 13.3. The minimum atomic E-state index is 0.0184. The highest BCUT2D eigenvalue weighted by Gasteiger charge is 2.23. The second-order valence-electron chi connectivity index (χ2n) is 5.78. The van der Waals surface area contributed by atoms with Gasteiger partial charge in [-0.15, -0.1) is 10.2 Å². The molecule has 3 rings (SSSR count). The number of para-hydroxylation sites is 1. The molecule has 122 valence electrons. The van der Waals surface area contributed by atoms with Crippen molar-refractivity contribution in [3.63, 3.8) is 0 Å². The van der Waals surface area contributed by atoms with Crippen LogP contribution in [0.1, 0.15) is 31.5 Å². The minimum Gasteiger partial charge on any atom is -0.485 e. The van der Waals surface area contributed by atoms with Crippen LogP contribution in [0.15, 0.2) is 30.3 Å². The molecule has 0 saturated heterocycles. The average molecular weight is 315 g/mol.